The summed E-state index contributed by atoms with van der Waals surface area (Å²) in [5.41, 5.74) is 3.37. The van der Waals surface area contributed by atoms with Crippen LogP contribution in [0.2, 0.25) is 5.02 Å². The highest BCUT2D eigenvalue weighted by Gasteiger charge is 2.24. The average Bonchev–Trinajstić information content (AvgIpc) is 2.56. The second-order valence-corrected chi connectivity index (χ2v) is 6.73. The van der Waals surface area contributed by atoms with E-state index in [1.165, 1.54) is 6.07 Å². The lowest BCUT2D eigenvalue weighted by Crippen LogP contribution is -2.49. The monoisotopic (exact) mass is 364 g/mol. The molecule has 6 heteroatoms. The summed E-state index contributed by atoms with van der Waals surface area (Å²) in [6, 6.07) is 7.26. The van der Waals surface area contributed by atoms with Gasteiger partial charge in [-0.1, -0.05) is 17.7 Å². The fourth-order valence-electron chi connectivity index (χ4n) is 3.25. The number of amides is 1. The molecule has 1 fully saturated rings. The van der Waals surface area contributed by atoms with Gasteiger partial charge in [0, 0.05) is 31.7 Å². The molecule has 0 N–H and O–H groups in total. The van der Waals surface area contributed by atoms with Gasteiger partial charge >= 0.3 is 0 Å². The Balaban J connectivity index is 1.71. The van der Waals surface area contributed by atoms with Crippen LogP contribution >= 0.6 is 11.6 Å². The van der Waals surface area contributed by atoms with E-state index < -0.39 is 11.6 Å². The van der Waals surface area contributed by atoms with Gasteiger partial charge in [-0.2, -0.15) is 0 Å². The van der Waals surface area contributed by atoms with Crippen LogP contribution in [0.1, 0.15) is 21.5 Å². The van der Waals surface area contributed by atoms with Crippen molar-refractivity contribution in [1.82, 2.24) is 4.90 Å². The zero-order chi connectivity index (χ0) is 18.1. The van der Waals surface area contributed by atoms with Crippen LogP contribution in [-0.4, -0.2) is 37.0 Å². The van der Waals surface area contributed by atoms with E-state index in [9.17, 15) is 13.6 Å². The number of benzene rings is 2. The van der Waals surface area contributed by atoms with Crippen molar-refractivity contribution in [2.24, 2.45) is 0 Å². The van der Waals surface area contributed by atoms with Crippen molar-refractivity contribution < 1.29 is 13.6 Å². The third-order valence-corrected chi connectivity index (χ3v) is 4.74. The maximum absolute atomic E-state index is 13.3. The highest BCUT2D eigenvalue weighted by Crippen LogP contribution is 2.31. The summed E-state index contributed by atoms with van der Waals surface area (Å²) in [5.74, 6) is -2.25. The number of hydrogen-bond acceptors (Lipinski definition) is 2. The Kier molecular flexibility index (Phi) is 4.95. The van der Waals surface area contributed by atoms with E-state index >= 15 is 0 Å². The van der Waals surface area contributed by atoms with Crippen LogP contribution in [0.3, 0.4) is 0 Å². The molecule has 1 heterocycles. The number of anilines is 1. The zero-order valence-corrected chi connectivity index (χ0v) is 14.9. The van der Waals surface area contributed by atoms with Crippen molar-refractivity contribution in [3.05, 3.63) is 63.7 Å². The summed E-state index contributed by atoms with van der Waals surface area (Å²) in [6.45, 7) is 6.30. The lowest BCUT2D eigenvalue weighted by atomic mass is 10.1. The number of carbonyl (C=O) groups is 1. The van der Waals surface area contributed by atoms with Crippen LogP contribution in [0.4, 0.5) is 14.5 Å². The van der Waals surface area contributed by atoms with Gasteiger partial charge in [-0.3, -0.25) is 4.79 Å². The van der Waals surface area contributed by atoms with Crippen molar-refractivity contribution in [3.63, 3.8) is 0 Å². The molecule has 3 rings (SSSR count). The van der Waals surface area contributed by atoms with E-state index in [0.717, 1.165) is 28.9 Å². The standard InChI is InChI=1S/C19H19ClF2N2O/c1-12-9-13(2)18(15(20)10-12)23-5-7-24(8-6-23)19(25)14-3-4-16(21)17(22)11-14/h3-4,9-11H,5-8H2,1-2H3. The first-order valence-electron chi connectivity index (χ1n) is 8.13. The Morgan fingerprint density at radius 1 is 1.00 bits per heavy atom. The molecule has 0 aromatic heterocycles. The van der Waals surface area contributed by atoms with E-state index in [-0.39, 0.29) is 11.5 Å². The van der Waals surface area contributed by atoms with Crippen LogP contribution in [0.5, 0.6) is 0 Å². The minimum absolute atomic E-state index is 0.164. The summed E-state index contributed by atoms with van der Waals surface area (Å²) < 4.78 is 26.4. The van der Waals surface area contributed by atoms with Crippen molar-refractivity contribution in [1.29, 1.82) is 0 Å². The van der Waals surface area contributed by atoms with Crippen LogP contribution in [0.25, 0.3) is 0 Å². The van der Waals surface area contributed by atoms with Crippen molar-refractivity contribution >= 4 is 23.2 Å². The third kappa shape index (κ3) is 3.61. The molecule has 0 aliphatic carbocycles. The first kappa shape index (κ1) is 17.7. The third-order valence-electron chi connectivity index (χ3n) is 4.45. The predicted molar refractivity (Wildman–Crippen MR) is 95.4 cm³/mol. The topological polar surface area (TPSA) is 23.6 Å². The maximum Gasteiger partial charge on any atom is 0.254 e. The molecule has 1 saturated heterocycles. The van der Waals surface area contributed by atoms with Crippen LogP contribution < -0.4 is 4.90 Å². The molecule has 0 unspecified atom stereocenters. The number of carbonyl (C=O) groups excluding carboxylic acids is 1. The molecule has 3 nitrogen and oxygen atoms in total. The molecule has 132 valence electrons. The first-order chi connectivity index (χ1) is 11.9. The van der Waals surface area contributed by atoms with E-state index in [0.29, 0.717) is 31.2 Å². The molecule has 1 amide bonds. The lowest BCUT2D eigenvalue weighted by Gasteiger charge is -2.37. The second-order valence-electron chi connectivity index (χ2n) is 6.32. The van der Waals surface area contributed by atoms with E-state index in [2.05, 4.69) is 11.0 Å². The predicted octanol–water partition coefficient (Wildman–Crippen LogP) is 4.20. The molecular formula is C19H19ClF2N2O. The highest BCUT2D eigenvalue weighted by molar-refractivity contribution is 6.33. The molecule has 2 aromatic carbocycles. The van der Waals surface area contributed by atoms with Gasteiger partial charge in [0.2, 0.25) is 0 Å². The fraction of sp³-hybridized carbons (Fsp3) is 0.316. The lowest BCUT2D eigenvalue weighted by molar-refractivity contribution is 0.0746. The van der Waals surface area contributed by atoms with Gasteiger partial charge in [0.1, 0.15) is 0 Å². The number of piperazine rings is 1. The minimum Gasteiger partial charge on any atom is -0.367 e. The van der Waals surface area contributed by atoms with Crippen LogP contribution in [0.15, 0.2) is 30.3 Å². The minimum atomic E-state index is -1.01. The summed E-state index contributed by atoms with van der Waals surface area (Å²) >= 11 is 6.40. The molecule has 2 aromatic rings. The van der Waals surface area contributed by atoms with Crippen LogP contribution in [-0.2, 0) is 0 Å². The molecule has 0 bridgehead atoms. The normalized spacial score (nSPS) is 14.8. The van der Waals surface area contributed by atoms with E-state index in [4.69, 9.17) is 11.6 Å². The van der Waals surface area contributed by atoms with Gasteiger partial charge in [-0.15, -0.1) is 0 Å². The van der Waals surface area contributed by atoms with Crippen LogP contribution in [0, 0.1) is 25.5 Å². The van der Waals surface area contributed by atoms with Crippen molar-refractivity contribution in [2.45, 2.75) is 13.8 Å². The number of nitrogens with zero attached hydrogens (tertiary/aromatic N) is 2. The quantitative estimate of drug-likeness (QED) is 0.797. The van der Waals surface area contributed by atoms with E-state index in [1.54, 1.807) is 4.90 Å². The number of aryl methyl sites for hydroxylation is 2. The van der Waals surface area contributed by atoms with Gasteiger partial charge in [-0.05, 0) is 49.2 Å². The molecule has 0 saturated carbocycles. The first-order valence-corrected chi connectivity index (χ1v) is 8.50. The molecule has 0 spiro atoms. The Morgan fingerprint density at radius 2 is 1.68 bits per heavy atom. The highest BCUT2D eigenvalue weighted by atomic mass is 35.5. The summed E-state index contributed by atoms with van der Waals surface area (Å²) in [6.07, 6.45) is 0. The molecule has 1 aliphatic heterocycles. The summed E-state index contributed by atoms with van der Waals surface area (Å²) in [7, 11) is 0. The Labute approximate surface area is 150 Å². The molecule has 0 radical (unpaired) electrons. The van der Waals surface area contributed by atoms with Gasteiger partial charge in [0.25, 0.3) is 5.91 Å². The van der Waals surface area contributed by atoms with Gasteiger partial charge in [-0.25, -0.2) is 8.78 Å². The SMILES string of the molecule is Cc1cc(C)c(N2CCN(C(=O)c3ccc(F)c(F)c3)CC2)c(Cl)c1. The number of halogens is 3. The Morgan fingerprint density at radius 3 is 2.28 bits per heavy atom. The number of rotatable bonds is 2. The average molecular weight is 365 g/mol. The van der Waals surface area contributed by atoms with Crippen molar-refractivity contribution in [3.8, 4) is 0 Å². The molecule has 0 atom stereocenters. The Hall–Kier alpha value is -2.14. The number of hydrogen-bond donors (Lipinski definition) is 0. The van der Waals surface area contributed by atoms with Gasteiger partial charge in [0.15, 0.2) is 11.6 Å². The maximum atomic E-state index is 13.3. The van der Waals surface area contributed by atoms with Crippen molar-refractivity contribution in [2.75, 3.05) is 31.1 Å². The summed E-state index contributed by atoms with van der Waals surface area (Å²) in [5, 5.41) is 0.706. The molecule has 25 heavy (non-hydrogen) atoms. The van der Waals surface area contributed by atoms with Gasteiger partial charge < -0.3 is 9.80 Å². The molecular weight excluding hydrogens is 346 g/mol. The van der Waals surface area contributed by atoms with Gasteiger partial charge in [0.05, 0.1) is 10.7 Å². The Bertz CT molecular complexity index is 794. The fourth-order valence-corrected chi connectivity index (χ4v) is 3.69. The second kappa shape index (κ2) is 7.00. The smallest absolute Gasteiger partial charge is 0.254 e. The largest absolute Gasteiger partial charge is 0.367 e. The summed E-state index contributed by atoms with van der Waals surface area (Å²) in [4.78, 5) is 16.3. The molecule has 1 aliphatic rings. The zero-order valence-electron chi connectivity index (χ0n) is 14.2. The van der Waals surface area contributed by atoms with E-state index in [1.807, 2.05) is 19.9 Å².